The average molecular weight is 303 g/mol. The summed E-state index contributed by atoms with van der Waals surface area (Å²) in [6.07, 6.45) is 0. The van der Waals surface area contributed by atoms with E-state index in [9.17, 15) is 26.7 Å². The molecule has 0 saturated heterocycles. The summed E-state index contributed by atoms with van der Waals surface area (Å²) in [5.74, 6) is -3.47. The molecular formula is C12H8F3NO3S. The molecule has 0 heterocycles. The van der Waals surface area contributed by atoms with Crippen LogP contribution in [0.3, 0.4) is 0 Å². The third kappa shape index (κ3) is 2.85. The van der Waals surface area contributed by atoms with Gasteiger partial charge >= 0.3 is 0 Å². The number of sulfonamides is 1. The Bertz CT molecular complexity index is 763. The van der Waals surface area contributed by atoms with Crippen LogP contribution in [0.25, 0.3) is 0 Å². The van der Waals surface area contributed by atoms with Gasteiger partial charge in [-0.05, 0) is 30.3 Å². The Morgan fingerprint density at radius 2 is 1.55 bits per heavy atom. The van der Waals surface area contributed by atoms with Gasteiger partial charge in [0.25, 0.3) is 10.0 Å². The molecule has 0 radical (unpaired) electrons. The predicted molar refractivity (Wildman–Crippen MR) is 65.2 cm³/mol. The zero-order valence-electron chi connectivity index (χ0n) is 9.77. The number of aromatic hydroxyl groups is 1. The highest BCUT2D eigenvalue weighted by Gasteiger charge is 2.21. The first-order valence-corrected chi connectivity index (χ1v) is 6.74. The van der Waals surface area contributed by atoms with Crippen molar-refractivity contribution in [2.75, 3.05) is 4.72 Å². The molecule has 0 atom stereocenters. The van der Waals surface area contributed by atoms with Gasteiger partial charge in [-0.1, -0.05) is 0 Å². The van der Waals surface area contributed by atoms with Crippen molar-refractivity contribution < 1.29 is 26.7 Å². The smallest absolute Gasteiger partial charge is 0.265 e. The first kappa shape index (κ1) is 14.2. The van der Waals surface area contributed by atoms with E-state index in [-0.39, 0.29) is 0 Å². The van der Waals surface area contributed by atoms with Crippen LogP contribution in [-0.2, 0) is 10.0 Å². The summed E-state index contributed by atoms with van der Waals surface area (Å²) in [5, 5.41) is 9.41. The molecular weight excluding hydrogens is 295 g/mol. The lowest BCUT2D eigenvalue weighted by Gasteiger charge is -2.10. The van der Waals surface area contributed by atoms with Crippen molar-refractivity contribution in [1.82, 2.24) is 0 Å². The Hall–Kier alpha value is -2.22. The van der Waals surface area contributed by atoms with Gasteiger partial charge in [-0.2, -0.15) is 0 Å². The first-order chi connectivity index (χ1) is 9.29. The number of anilines is 1. The van der Waals surface area contributed by atoms with Crippen LogP contribution in [0.2, 0.25) is 0 Å². The highest BCUT2D eigenvalue weighted by molar-refractivity contribution is 7.92. The summed E-state index contributed by atoms with van der Waals surface area (Å²) in [6, 6.07) is 4.44. The van der Waals surface area contributed by atoms with Crippen molar-refractivity contribution in [3.05, 3.63) is 53.8 Å². The third-order valence-corrected chi connectivity index (χ3v) is 3.77. The molecule has 0 bridgehead atoms. The molecule has 106 valence electrons. The fraction of sp³-hybridized carbons (Fsp3) is 0. The number of benzene rings is 2. The molecule has 2 aromatic rings. The molecule has 0 aromatic heterocycles. The molecule has 0 fully saturated rings. The minimum absolute atomic E-state index is 0.478. The van der Waals surface area contributed by atoms with E-state index in [1.54, 1.807) is 4.72 Å². The van der Waals surface area contributed by atoms with Crippen molar-refractivity contribution in [3.8, 4) is 5.75 Å². The van der Waals surface area contributed by atoms with E-state index in [1.165, 1.54) is 0 Å². The molecule has 0 aliphatic carbocycles. The van der Waals surface area contributed by atoms with Gasteiger partial charge in [0.2, 0.25) is 0 Å². The summed E-state index contributed by atoms with van der Waals surface area (Å²) in [6.45, 7) is 0. The number of nitrogens with one attached hydrogen (secondary N) is 1. The Kier molecular flexibility index (Phi) is 3.58. The normalized spacial score (nSPS) is 11.3. The number of phenols is 1. The van der Waals surface area contributed by atoms with E-state index in [0.29, 0.717) is 18.2 Å². The molecule has 20 heavy (non-hydrogen) atoms. The van der Waals surface area contributed by atoms with Crippen LogP contribution >= 0.6 is 0 Å². The number of rotatable bonds is 3. The molecule has 2 aromatic carbocycles. The Labute approximate surface area is 112 Å². The predicted octanol–water partition coefficient (Wildman–Crippen LogP) is 2.61. The lowest BCUT2D eigenvalue weighted by atomic mass is 10.3. The molecule has 0 saturated carbocycles. The Morgan fingerprint density at radius 3 is 2.25 bits per heavy atom. The van der Waals surface area contributed by atoms with Gasteiger partial charge in [-0.25, -0.2) is 21.6 Å². The van der Waals surface area contributed by atoms with Crippen LogP contribution in [0.1, 0.15) is 0 Å². The maximum Gasteiger partial charge on any atom is 0.265 e. The van der Waals surface area contributed by atoms with Crippen molar-refractivity contribution in [1.29, 1.82) is 0 Å². The summed E-state index contributed by atoms with van der Waals surface area (Å²) >= 11 is 0. The average Bonchev–Trinajstić information content (AvgIpc) is 2.36. The van der Waals surface area contributed by atoms with Crippen LogP contribution in [0.5, 0.6) is 5.75 Å². The van der Waals surface area contributed by atoms with Gasteiger partial charge in [0.1, 0.15) is 28.1 Å². The monoisotopic (exact) mass is 303 g/mol. The number of hydrogen-bond donors (Lipinski definition) is 2. The zero-order valence-corrected chi connectivity index (χ0v) is 10.6. The summed E-state index contributed by atoms with van der Waals surface area (Å²) in [4.78, 5) is -0.943. The third-order valence-electron chi connectivity index (χ3n) is 2.39. The van der Waals surface area contributed by atoms with E-state index in [2.05, 4.69) is 0 Å². The first-order valence-electron chi connectivity index (χ1n) is 5.26. The molecule has 2 N–H and O–H groups in total. The molecule has 0 unspecified atom stereocenters. The maximum absolute atomic E-state index is 13.4. The van der Waals surface area contributed by atoms with Gasteiger partial charge in [-0.15, -0.1) is 0 Å². The minimum Gasteiger partial charge on any atom is -0.506 e. The van der Waals surface area contributed by atoms with Gasteiger partial charge in [0.05, 0.1) is 5.69 Å². The Morgan fingerprint density at radius 1 is 0.950 bits per heavy atom. The quantitative estimate of drug-likeness (QED) is 0.857. The van der Waals surface area contributed by atoms with Crippen molar-refractivity contribution in [2.45, 2.75) is 4.90 Å². The fourth-order valence-corrected chi connectivity index (χ4v) is 2.63. The van der Waals surface area contributed by atoms with Crippen molar-refractivity contribution in [2.24, 2.45) is 0 Å². The highest BCUT2D eigenvalue weighted by Crippen LogP contribution is 2.27. The molecule has 8 heteroatoms. The molecule has 0 aliphatic heterocycles. The lowest BCUT2D eigenvalue weighted by Crippen LogP contribution is -2.15. The number of halogens is 3. The lowest BCUT2D eigenvalue weighted by molar-refractivity contribution is 0.475. The second-order valence-corrected chi connectivity index (χ2v) is 5.49. The molecule has 4 nitrogen and oxygen atoms in total. The van der Waals surface area contributed by atoms with Crippen molar-refractivity contribution in [3.63, 3.8) is 0 Å². The van der Waals surface area contributed by atoms with Crippen LogP contribution in [0, 0.1) is 17.5 Å². The van der Waals surface area contributed by atoms with Gasteiger partial charge in [0.15, 0.2) is 0 Å². The second kappa shape index (κ2) is 5.04. The van der Waals surface area contributed by atoms with E-state index in [0.717, 1.165) is 18.2 Å². The van der Waals surface area contributed by atoms with E-state index >= 15 is 0 Å². The molecule has 0 aliphatic rings. The highest BCUT2D eigenvalue weighted by atomic mass is 32.2. The molecule has 0 amide bonds. The van der Waals surface area contributed by atoms with Crippen LogP contribution in [-0.4, -0.2) is 13.5 Å². The minimum atomic E-state index is -4.50. The van der Waals surface area contributed by atoms with Gasteiger partial charge in [-0.3, -0.25) is 4.72 Å². The molecule has 2 rings (SSSR count). The van der Waals surface area contributed by atoms with Gasteiger partial charge < -0.3 is 5.11 Å². The van der Waals surface area contributed by atoms with Crippen LogP contribution in [0.4, 0.5) is 18.9 Å². The standard InChI is InChI=1S/C12H8F3NO3S/c13-7-2-4-11(17)10(5-7)16-20(18,19)12-6-8(14)1-3-9(12)15/h1-6,16-17H. The Balaban J connectivity index is 2.46. The second-order valence-electron chi connectivity index (χ2n) is 3.84. The maximum atomic E-state index is 13.4. The van der Waals surface area contributed by atoms with Crippen LogP contribution < -0.4 is 4.72 Å². The molecule has 0 spiro atoms. The van der Waals surface area contributed by atoms with E-state index < -0.39 is 43.8 Å². The zero-order chi connectivity index (χ0) is 14.9. The van der Waals surface area contributed by atoms with E-state index in [1.807, 2.05) is 0 Å². The summed E-state index contributed by atoms with van der Waals surface area (Å²) < 4.78 is 65.0. The van der Waals surface area contributed by atoms with Gasteiger partial charge in [0, 0.05) is 6.07 Å². The summed E-state index contributed by atoms with van der Waals surface area (Å²) in [5.41, 5.74) is -0.478. The number of hydrogen-bond acceptors (Lipinski definition) is 3. The largest absolute Gasteiger partial charge is 0.506 e. The van der Waals surface area contributed by atoms with Crippen LogP contribution in [0.15, 0.2) is 41.3 Å². The topological polar surface area (TPSA) is 66.4 Å². The SMILES string of the molecule is O=S(=O)(Nc1cc(F)ccc1O)c1cc(F)ccc1F. The van der Waals surface area contributed by atoms with E-state index in [4.69, 9.17) is 0 Å². The fourth-order valence-electron chi connectivity index (χ4n) is 1.47. The van der Waals surface area contributed by atoms with Crippen molar-refractivity contribution >= 4 is 15.7 Å². The summed E-state index contributed by atoms with van der Waals surface area (Å²) in [7, 11) is -4.50. The number of phenolic OH excluding ortho intramolecular Hbond substituents is 1.